The maximum absolute atomic E-state index is 12.9. The molecule has 3 rings (SSSR count). The highest BCUT2D eigenvalue weighted by Gasteiger charge is 2.07. The van der Waals surface area contributed by atoms with Gasteiger partial charge in [0, 0.05) is 29.8 Å². The molecule has 0 saturated heterocycles. The predicted molar refractivity (Wildman–Crippen MR) is 73.2 cm³/mol. The first kappa shape index (κ1) is 12.6. The molecule has 20 heavy (non-hydrogen) atoms. The molecule has 0 spiro atoms. The molecule has 0 atom stereocenters. The molecule has 0 saturated carbocycles. The van der Waals surface area contributed by atoms with Crippen LogP contribution in [0.5, 0.6) is 0 Å². The van der Waals surface area contributed by atoms with Crippen molar-refractivity contribution in [3.63, 3.8) is 0 Å². The van der Waals surface area contributed by atoms with Crippen molar-refractivity contribution in [3.8, 4) is 11.3 Å². The average Bonchev–Trinajstić information content (AvgIpc) is 3.11. The summed E-state index contributed by atoms with van der Waals surface area (Å²) in [5.41, 5.74) is 3.96. The maximum Gasteiger partial charge on any atom is 0.123 e. The van der Waals surface area contributed by atoms with Gasteiger partial charge in [-0.05, 0) is 30.3 Å². The van der Waals surface area contributed by atoms with Gasteiger partial charge in [0.1, 0.15) is 5.82 Å². The Kier molecular flexibility index (Phi) is 3.60. The molecule has 2 aromatic heterocycles. The van der Waals surface area contributed by atoms with Crippen LogP contribution in [0.15, 0.2) is 53.5 Å². The van der Waals surface area contributed by atoms with Gasteiger partial charge >= 0.3 is 0 Å². The number of nitrogens with zero attached hydrogens (tertiary/aromatic N) is 1. The molecule has 0 aliphatic carbocycles. The smallest absolute Gasteiger partial charge is 0.123 e. The lowest BCUT2D eigenvalue weighted by Crippen LogP contribution is -2.12. The van der Waals surface area contributed by atoms with Crippen LogP contribution in [-0.2, 0) is 13.1 Å². The fourth-order valence-electron chi connectivity index (χ4n) is 2.05. The summed E-state index contributed by atoms with van der Waals surface area (Å²) in [6, 6.07) is 8.28. The second-order valence-electron chi connectivity index (χ2n) is 4.51. The van der Waals surface area contributed by atoms with E-state index in [1.54, 1.807) is 30.9 Å². The third kappa shape index (κ3) is 2.78. The van der Waals surface area contributed by atoms with Gasteiger partial charge in [0.15, 0.2) is 0 Å². The van der Waals surface area contributed by atoms with Gasteiger partial charge in [-0.1, -0.05) is 0 Å². The highest BCUT2D eigenvalue weighted by Crippen LogP contribution is 2.21. The molecule has 2 heterocycles. The van der Waals surface area contributed by atoms with Crippen LogP contribution in [0.4, 0.5) is 4.39 Å². The first-order valence-electron chi connectivity index (χ1n) is 6.33. The Morgan fingerprint density at radius 1 is 1.15 bits per heavy atom. The van der Waals surface area contributed by atoms with Crippen LogP contribution in [0, 0.1) is 5.82 Å². The van der Waals surface area contributed by atoms with E-state index < -0.39 is 0 Å². The van der Waals surface area contributed by atoms with E-state index in [2.05, 4.69) is 15.5 Å². The van der Waals surface area contributed by atoms with Crippen molar-refractivity contribution in [2.45, 2.75) is 13.1 Å². The van der Waals surface area contributed by atoms with Crippen molar-refractivity contribution in [1.29, 1.82) is 0 Å². The van der Waals surface area contributed by atoms with E-state index in [0.717, 1.165) is 28.9 Å². The SMILES string of the molecule is Fc1ccc(-c2[nH]ncc2CNCc2ccoc2)cc1. The van der Waals surface area contributed by atoms with Crippen LogP contribution in [0.2, 0.25) is 0 Å². The Hall–Kier alpha value is -2.40. The summed E-state index contributed by atoms with van der Waals surface area (Å²) >= 11 is 0. The number of furan rings is 1. The molecule has 1 aromatic carbocycles. The third-order valence-electron chi connectivity index (χ3n) is 3.08. The summed E-state index contributed by atoms with van der Waals surface area (Å²) in [7, 11) is 0. The van der Waals surface area contributed by atoms with Gasteiger partial charge < -0.3 is 9.73 Å². The molecule has 0 aliphatic rings. The largest absolute Gasteiger partial charge is 0.472 e. The maximum atomic E-state index is 12.9. The van der Waals surface area contributed by atoms with Gasteiger partial charge in [0.25, 0.3) is 0 Å². The number of nitrogens with one attached hydrogen (secondary N) is 2. The Bertz CT molecular complexity index is 659. The Balaban J connectivity index is 1.68. The lowest BCUT2D eigenvalue weighted by molar-refractivity contribution is 0.560. The molecular weight excluding hydrogens is 257 g/mol. The Morgan fingerprint density at radius 2 is 2.00 bits per heavy atom. The fourth-order valence-corrected chi connectivity index (χ4v) is 2.05. The average molecular weight is 271 g/mol. The fraction of sp³-hybridized carbons (Fsp3) is 0.133. The minimum Gasteiger partial charge on any atom is -0.472 e. The zero-order valence-electron chi connectivity index (χ0n) is 10.8. The summed E-state index contributed by atoms with van der Waals surface area (Å²) in [5, 5.41) is 10.3. The highest BCUT2D eigenvalue weighted by atomic mass is 19.1. The second kappa shape index (κ2) is 5.71. The third-order valence-corrected chi connectivity index (χ3v) is 3.08. The molecule has 5 heteroatoms. The molecule has 2 N–H and O–H groups in total. The highest BCUT2D eigenvalue weighted by molar-refractivity contribution is 5.62. The number of halogens is 1. The van der Waals surface area contributed by atoms with Crippen molar-refractivity contribution < 1.29 is 8.81 Å². The number of aromatic nitrogens is 2. The molecule has 4 nitrogen and oxygen atoms in total. The minimum atomic E-state index is -0.243. The number of benzene rings is 1. The van der Waals surface area contributed by atoms with Gasteiger partial charge in [-0.15, -0.1) is 0 Å². The molecule has 102 valence electrons. The van der Waals surface area contributed by atoms with Crippen LogP contribution in [-0.4, -0.2) is 10.2 Å². The topological polar surface area (TPSA) is 53.9 Å². The van der Waals surface area contributed by atoms with Crippen molar-refractivity contribution in [2.24, 2.45) is 0 Å². The monoisotopic (exact) mass is 271 g/mol. The van der Waals surface area contributed by atoms with E-state index in [1.165, 1.54) is 12.1 Å². The van der Waals surface area contributed by atoms with Crippen LogP contribution >= 0.6 is 0 Å². The van der Waals surface area contributed by atoms with Crippen LogP contribution in [0.3, 0.4) is 0 Å². The summed E-state index contributed by atoms with van der Waals surface area (Å²) < 4.78 is 18.0. The van der Waals surface area contributed by atoms with E-state index >= 15 is 0 Å². The molecule has 0 aliphatic heterocycles. The zero-order chi connectivity index (χ0) is 13.8. The normalized spacial score (nSPS) is 10.8. The summed E-state index contributed by atoms with van der Waals surface area (Å²) in [5.74, 6) is -0.243. The number of hydrogen-bond acceptors (Lipinski definition) is 3. The van der Waals surface area contributed by atoms with Gasteiger partial charge in [-0.3, -0.25) is 5.10 Å². The van der Waals surface area contributed by atoms with Crippen molar-refractivity contribution >= 4 is 0 Å². The lowest BCUT2D eigenvalue weighted by Gasteiger charge is -2.05. The van der Waals surface area contributed by atoms with Crippen molar-refractivity contribution in [1.82, 2.24) is 15.5 Å². The van der Waals surface area contributed by atoms with Crippen LogP contribution < -0.4 is 5.32 Å². The van der Waals surface area contributed by atoms with Gasteiger partial charge in [-0.25, -0.2) is 4.39 Å². The number of H-pyrrole nitrogens is 1. The standard InChI is InChI=1S/C15H14FN3O/c16-14-3-1-12(2-4-14)15-13(9-18-19-15)8-17-7-11-5-6-20-10-11/h1-6,9-10,17H,7-8H2,(H,18,19). The first-order valence-corrected chi connectivity index (χ1v) is 6.33. The van der Waals surface area contributed by atoms with E-state index in [0.29, 0.717) is 6.54 Å². The van der Waals surface area contributed by atoms with E-state index in [1.807, 2.05) is 6.07 Å². The molecule has 0 unspecified atom stereocenters. The summed E-state index contributed by atoms with van der Waals surface area (Å²) in [6.07, 6.45) is 5.14. The van der Waals surface area contributed by atoms with Crippen molar-refractivity contribution in [2.75, 3.05) is 0 Å². The zero-order valence-corrected chi connectivity index (χ0v) is 10.8. The predicted octanol–water partition coefficient (Wildman–Crippen LogP) is 3.10. The molecule has 0 bridgehead atoms. The molecule has 0 radical (unpaired) electrons. The van der Waals surface area contributed by atoms with Gasteiger partial charge in [0.05, 0.1) is 24.4 Å². The minimum absolute atomic E-state index is 0.243. The quantitative estimate of drug-likeness (QED) is 0.749. The van der Waals surface area contributed by atoms with E-state index in [9.17, 15) is 4.39 Å². The Morgan fingerprint density at radius 3 is 2.75 bits per heavy atom. The number of hydrogen-bond donors (Lipinski definition) is 2. The van der Waals surface area contributed by atoms with Crippen LogP contribution in [0.25, 0.3) is 11.3 Å². The molecular formula is C15H14FN3O. The van der Waals surface area contributed by atoms with E-state index in [4.69, 9.17) is 4.42 Å². The summed E-state index contributed by atoms with van der Waals surface area (Å²) in [6.45, 7) is 1.40. The summed E-state index contributed by atoms with van der Waals surface area (Å²) in [4.78, 5) is 0. The second-order valence-corrected chi connectivity index (χ2v) is 4.51. The first-order chi connectivity index (χ1) is 9.83. The molecule has 0 amide bonds. The number of aromatic amines is 1. The van der Waals surface area contributed by atoms with Gasteiger partial charge in [-0.2, -0.15) is 5.10 Å². The van der Waals surface area contributed by atoms with Crippen molar-refractivity contribution in [3.05, 3.63) is 66.0 Å². The van der Waals surface area contributed by atoms with Gasteiger partial charge in [0.2, 0.25) is 0 Å². The molecule has 3 aromatic rings. The molecule has 0 fully saturated rings. The number of rotatable bonds is 5. The lowest BCUT2D eigenvalue weighted by atomic mass is 10.1. The van der Waals surface area contributed by atoms with E-state index in [-0.39, 0.29) is 5.82 Å². The Labute approximate surface area is 115 Å². The van der Waals surface area contributed by atoms with Crippen LogP contribution in [0.1, 0.15) is 11.1 Å².